The Morgan fingerprint density at radius 3 is 2.65 bits per heavy atom. The number of hydrogen-bond acceptors (Lipinski definition) is 3. The summed E-state index contributed by atoms with van der Waals surface area (Å²) in [5.74, 6) is 0.840. The number of rotatable bonds is 7. The van der Waals surface area contributed by atoms with Crippen LogP contribution in [0.2, 0.25) is 5.02 Å². The minimum Gasteiger partial charge on any atom is -0.493 e. The zero-order valence-electron chi connectivity index (χ0n) is 14.7. The van der Waals surface area contributed by atoms with Crippen molar-refractivity contribution in [3.05, 3.63) is 56.8 Å². The van der Waals surface area contributed by atoms with Crippen LogP contribution in [0.3, 0.4) is 0 Å². The Hall–Kier alpha value is -1.30. The first-order valence-corrected chi connectivity index (χ1v) is 9.91. The molecular weight excluding hydrogens is 421 g/mol. The summed E-state index contributed by atoms with van der Waals surface area (Å²) < 4.78 is 26.4. The Kier molecular flexibility index (Phi) is 6.79. The molecule has 1 aliphatic carbocycles. The van der Waals surface area contributed by atoms with Gasteiger partial charge in [-0.15, -0.1) is 0 Å². The van der Waals surface area contributed by atoms with Crippen LogP contribution in [0.1, 0.15) is 36.8 Å². The van der Waals surface area contributed by atoms with Gasteiger partial charge < -0.3 is 14.8 Å². The van der Waals surface area contributed by atoms with Crippen molar-refractivity contribution in [2.24, 2.45) is 0 Å². The molecule has 0 spiro atoms. The summed E-state index contributed by atoms with van der Waals surface area (Å²) >= 11 is 9.71. The molecule has 26 heavy (non-hydrogen) atoms. The molecule has 0 heterocycles. The molecule has 0 aliphatic heterocycles. The van der Waals surface area contributed by atoms with Gasteiger partial charge in [-0.3, -0.25) is 0 Å². The number of methoxy groups -OCH3 is 1. The lowest BCUT2D eigenvalue weighted by Crippen LogP contribution is -2.25. The highest BCUT2D eigenvalue weighted by Gasteiger charge is 2.19. The Labute approximate surface area is 167 Å². The summed E-state index contributed by atoms with van der Waals surface area (Å²) in [4.78, 5) is 0. The highest BCUT2D eigenvalue weighted by Crippen LogP contribution is 2.37. The van der Waals surface area contributed by atoms with E-state index in [1.54, 1.807) is 19.2 Å². The van der Waals surface area contributed by atoms with Gasteiger partial charge in [0.15, 0.2) is 11.5 Å². The fourth-order valence-electron chi connectivity index (χ4n) is 3.26. The van der Waals surface area contributed by atoms with Crippen molar-refractivity contribution in [1.29, 1.82) is 0 Å². The summed E-state index contributed by atoms with van der Waals surface area (Å²) in [6.45, 7) is 0.692. The van der Waals surface area contributed by atoms with Gasteiger partial charge in [-0.1, -0.05) is 46.4 Å². The van der Waals surface area contributed by atoms with Crippen LogP contribution >= 0.6 is 27.5 Å². The molecule has 1 saturated carbocycles. The monoisotopic (exact) mass is 441 g/mol. The molecule has 140 valence electrons. The van der Waals surface area contributed by atoms with E-state index in [0.29, 0.717) is 34.7 Å². The van der Waals surface area contributed by atoms with Crippen molar-refractivity contribution < 1.29 is 13.9 Å². The molecule has 0 saturated heterocycles. The molecule has 0 unspecified atom stereocenters. The predicted octanol–water partition coefficient (Wildman–Crippen LogP) is 5.86. The predicted molar refractivity (Wildman–Crippen MR) is 106 cm³/mol. The first kappa shape index (κ1) is 19.5. The maximum Gasteiger partial charge on any atom is 0.167 e. The minimum absolute atomic E-state index is 0.0365. The van der Waals surface area contributed by atoms with Crippen molar-refractivity contribution in [2.75, 3.05) is 7.11 Å². The number of hydrogen-bond donors (Lipinski definition) is 1. The lowest BCUT2D eigenvalue weighted by Gasteiger charge is -2.19. The summed E-state index contributed by atoms with van der Waals surface area (Å²) in [6.07, 6.45) is 4.93. The summed E-state index contributed by atoms with van der Waals surface area (Å²) in [5.41, 5.74) is 1.30. The van der Waals surface area contributed by atoms with Gasteiger partial charge in [-0.25, -0.2) is 4.39 Å². The van der Waals surface area contributed by atoms with Crippen LogP contribution in [0, 0.1) is 5.82 Å². The zero-order valence-corrected chi connectivity index (χ0v) is 17.0. The van der Waals surface area contributed by atoms with Crippen LogP contribution in [0.4, 0.5) is 4.39 Å². The summed E-state index contributed by atoms with van der Waals surface area (Å²) in [5, 5.41) is 3.94. The summed E-state index contributed by atoms with van der Waals surface area (Å²) in [6, 6.07) is 8.92. The van der Waals surface area contributed by atoms with Gasteiger partial charge in [0.25, 0.3) is 0 Å². The minimum atomic E-state index is -0.378. The molecule has 0 atom stereocenters. The van der Waals surface area contributed by atoms with Gasteiger partial charge in [0, 0.05) is 28.2 Å². The Morgan fingerprint density at radius 2 is 1.96 bits per heavy atom. The third kappa shape index (κ3) is 4.51. The molecule has 2 aromatic rings. The van der Waals surface area contributed by atoms with E-state index in [1.165, 1.54) is 31.7 Å². The number of ether oxygens (including phenoxy) is 2. The van der Waals surface area contributed by atoms with Gasteiger partial charge in [0.05, 0.1) is 12.1 Å². The van der Waals surface area contributed by atoms with Crippen LogP contribution in [-0.4, -0.2) is 13.2 Å². The van der Waals surface area contributed by atoms with Crippen molar-refractivity contribution in [2.45, 2.75) is 44.9 Å². The molecule has 0 amide bonds. The van der Waals surface area contributed by atoms with E-state index < -0.39 is 0 Å². The van der Waals surface area contributed by atoms with E-state index in [9.17, 15) is 4.39 Å². The fourth-order valence-corrected chi connectivity index (χ4v) is 3.93. The maximum absolute atomic E-state index is 14.1. The third-order valence-electron chi connectivity index (χ3n) is 4.73. The van der Waals surface area contributed by atoms with Gasteiger partial charge in [-0.05, 0) is 37.1 Å². The second-order valence-corrected chi connectivity index (χ2v) is 7.67. The quantitative estimate of drug-likeness (QED) is 0.582. The van der Waals surface area contributed by atoms with E-state index in [4.69, 9.17) is 21.1 Å². The highest BCUT2D eigenvalue weighted by atomic mass is 79.9. The average molecular weight is 443 g/mol. The molecule has 3 nitrogen and oxygen atoms in total. The lowest BCUT2D eigenvalue weighted by atomic mass is 10.1. The normalized spacial score (nSPS) is 14.6. The zero-order chi connectivity index (χ0) is 18.5. The first-order valence-electron chi connectivity index (χ1n) is 8.74. The molecule has 1 fully saturated rings. The molecule has 0 bridgehead atoms. The maximum atomic E-state index is 14.1. The first-order chi connectivity index (χ1) is 12.6. The van der Waals surface area contributed by atoms with E-state index in [0.717, 1.165) is 10.0 Å². The topological polar surface area (TPSA) is 30.5 Å². The van der Waals surface area contributed by atoms with Gasteiger partial charge >= 0.3 is 0 Å². The molecule has 2 aromatic carbocycles. The van der Waals surface area contributed by atoms with Gasteiger partial charge in [-0.2, -0.15) is 0 Å². The third-order valence-corrected chi connectivity index (χ3v) is 5.83. The summed E-state index contributed by atoms with van der Waals surface area (Å²) in [7, 11) is 1.60. The Bertz CT molecular complexity index is 745. The SMILES string of the molecule is COc1ccc(Br)c(CNC2CCCC2)c1OCc1c(F)cccc1Cl. The Balaban J connectivity index is 1.82. The van der Waals surface area contributed by atoms with Crippen LogP contribution in [-0.2, 0) is 13.2 Å². The van der Waals surface area contributed by atoms with E-state index >= 15 is 0 Å². The van der Waals surface area contributed by atoms with Crippen molar-refractivity contribution in [1.82, 2.24) is 5.32 Å². The molecule has 0 radical (unpaired) electrons. The number of halogens is 3. The fraction of sp³-hybridized carbons (Fsp3) is 0.400. The van der Waals surface area contributed by atoms with Crippen molar-refractivity contribution in [3.8, 4) is 11.5 Å². The molecule has 3 rings (SSSR count). The van der Waals surface area contributed by atoms with Crippen LogP contribution in [0.5, 0.6) is 11.5 Å². The number of benzene rings is 2. The number of nitrogens with one attached hydrogen (secondary N) is 1. The molecule has 0 aromatic heterocycles. The van der Waals surface area contributed by atoms with Crippen molar-refractivity contribution >= 4 is 27.5 Å². The second kappa shape index (κ2) is 9.07. The van der Waals surface area contributed by atoms with Crippen LogP contribution < -0.4 is 14.8 Å². The van der Waals surface area contributed by atoms with Gasteiger partial charge in [0.2, 0.25) is 0 Å². The van der Waals surface area contributed by atoms with E-state index in [-0.39, 0.29) is 12.4 Å². The molecule has 1 N–H and O–H groups in total. The lowest BCUT2D eigenvalue weighted by molar-refractivity contribution is 0.275. The van der Waals surface area contributed by atoms with E-state index in [1.807, 2.05) is 12.1 Å². The van der Waals surface area contributed by atoms with Crippen molar-refractivity contribution in [3.63, 3.8) is 0 Å². The average Bonchev–Trinajstić information content (AvgIpc) is 3.14. The largest absolute Gasteiger partial charge is 0.493 e. The molecule has 6 heteroatoms. The van der Waals surface area contributed by atoms with Crippen LogP contribution in [0.15, 0.2) is 34.8 Å². The standard InChI is InChI=1S/C20H22BrClFNO2/c1-25-19-10-9-16(21)14(11-24-13-5-2-3-6-13)20(19)26-12-15-17(22)7-4-8-18(15)23/h4,7-10,13,24H,2-3,5-6,11-12H2,1H3. The molecule has 1 aliphatic rings. The Morgan fingerprint density at radius 1 is 1.19 bits per heavy atom. The molecular formula is C20H22BrClFNO2. The van der Waals surface area contributed by atoms with Crippen LogP contribution in [0.25, 0.3) is 0 Å². The highest BCUT2D eigenvalue weighted by molar-refractivity contribution is 9.10. The smallest absolute Gasteiger partial charge is 0.167 e. The van der Waals surface area contributed by atoms with E-state index in [2.05, 4.69) is 21.2 Å². The second-order valence-electron chi connectivity index (χ2n) is 6.41. The van der Waals surface area contributed by atoms with Gasteiger partial charge in [0.1, 0.15) is 12.4 Å².